The highest BCUT2D eigenvalue weighted by molar-refractivity contribution is 7.92. The molecule has 126 valence electrons. The van der Waals surface area contributed by atoms with Gasteiger partial charge in [0.15, 0.2) is 0 Å². The van der Waals surface area contributed by atoms with Crippen LogP contribution < -0.4 is 4.72 Å². The fourth-order valence-electron chi connectivity index (χ4n) is 2.01. The lowest BCUT2D eigenvalue weighted by Crippen LogP contribution is -2.12. The molecule has 0 aromatic heterocycles. The second-order valence-electron chi connectivity index (χ2n) is 5.13. The van der Waals surface area contributed by atoms with E-state index in [2.05, 4.69) is 4.72 Å². The SMILES string of the molecule is CCOC(=O)C=Cc1ccc(NS(=O)(=O)c2cccc(C)c2)cc1. The Morgan fingerprint density at radius 1 is 1.17 bits per heavy atom. The van der Waals surface area contributed by atoms with Crippen LogP contribution in [0.2, 0.25) is 0 Å². The van der Waals surface area contributed by atoms with E-state index in [1.54, 1.807) is 55.5 Å². The van der Waals surface area contributed by atoms with Crippen LogP contribution in [0.1, 0.15) is 18.1 Å². The predicted octanol–water partition coefficient (Wildman–Crippen LogP) is 3.37. The van der Waals surface area contributed by atoms with Crippen molar-refractivity contribution in [2.75, 3.05) is 11.3 Å². The third-order valence-corrected chi connectivity index (χ3v) is 4.54. The Morgan fingerprint density at radius 2 is 1.88 bits per heavy atom. The number of carbonyl (C=O) groups excluding carboxylic acids is 1. The molecule has 0 aliphatic carbocycles. The minimum absolute atomic E-state index is 0.216. The van der Waals surface area contributed by atoms with Crippen molar-refractivity contribution in [3.8, 4) is 0 Å². The van der Waals surface area contributed by atoms with Gasteiger partial charge in [0.2, 0.25) is 0 Å². The van der Waals surface area contributed by atoms with Crippen LogP contribution in [0.4, 0.5) is 5.69 Å². The molecule has 0 saturated carbocycles. The number of carbonyl (C=O) groups is 1. The van der Waals surface area contributed by atoms with Gasteiger partial charge in [-0.2, -0.15) is 0 Å². The van der Waals surface area contributed by atoms with Crippen LogP contribution >= 0.6 is 0 Å². The van der Waals surface area contributed by atoms with Crippen molar-refractivity contribution in [3.05, 3.63) is 65.7 Å². The Kier molecular flexibility index (Phi) is 5.76. The van der Waals surface area contributed by atoms with Gasteiger partial charge in [-0.3, -0.25) is 4.72 Å². The summed E-state index contributed by atoms with van der Waals surface area (Å²) >= 11 is 0. The lowest BCUT2D eigenvalue weighted by Gasteiger charge is -2.09. The van der Waals surface area contributed by atoms with Gasteiger partial charge in [-0.25, -0.2) is 13.2 Å². The maximum atomic E-state index is 12.3. The zero-order chi connectivity index (χ0) is 17.6. The van der Waals surface area contributed by atoms with Gasteiger partial charge in [-0.15, -0.1) is 0 Å². The van der Waals surface area contributed by atoms with Gasteiger partial charge in [-0.1, -0.05) is 24.3 Å². The highest BCUT2D eigenvalue weighted by Crippen LogP contribution is 2.18. The van der Waals surface area contributed by atoms with Gasteiger partial charge in [0.05, 0.1) is 11.5 Å². The van der Waals surface area contributed by atoms with Crippen molar-refractivity contribution < 1.29 is 17.9 Å². The monoisotopic (exact) mass is 345 g/mol. The second-order valence-corrected chi connectivity index (χ2v) is 6.81. The molecule has 0 saturated heterocycles. The van der Waals surface area contributed by atoms with Gasteiger partial charge in [-0.05, 0) is 55.3 Å². The largest absolute Gasteiger partial charge is 0.463 e. The summed E-state index contributed by atoms with van der Waals surface area (Å²) in [5, 5.41) is 0. The number of esters is 1. The number of aryl methyl sites for hydroxylation is 1. The summed E-state index contributed by atoms with van der Waals surface area (Å²) in [6.45, 7) is 3.90. The summed E-state index contributed by atoms with van der Waals surface area (Å²) in [6.07, 6.45) is 2.94. The zero-order valence-electron chi connectivity index (χ0n) is 13.5. The molecule has 0 bridgehead atoms. The Bertz CT molecular complexity index is 840. The topological polar surface area (TPSA) is 72.5 Å². The van der Waals surface area contributed by atoms with E-state index in [-0.39, 0.29) is 4.90 Å². The standard InChI is InChI=1S/C18H19NO4S/c1-3-23-18(20)12-9-15-7-10-16(11-8-15)19-24(21,22)17-6-4-5-14(2)13-17/h4-13,19H,3H2,1-2H3. The molecule has 0 fully saturated rings. The van der Waals surface area contributed by atoms with Crippen molar-refractivity contribution >= 4 is 27.8 Å². The quantitative estimate of drug-likeness (QED) is 0.643. The number of benzene rings is 2. The molecule has 0 aliphatic rings. The fourth-order valence-corrected chi connectivity index (χ4v) is 3.18. The third kappa shape index (κ3) is 4.96. The molecule has 0 amide bonds. The summed E-state index contributed by atoms with van der Waals surface area (Å²) in [7, 11) is -3.62. The minimum atomic E-state index is -3.62. The van der Waals surface area contributed by atoms with E-state index in [1.807, 2.05) is 13.0 Å². The van der Waals surface area contributed by atoms with Crippen LogP contribution in [0, 0.1) is 6.92 Å². The molecule has 0 spiro atoms. The fraction of sp³-hybridized carbons (Fsp3) is 0.167. The van der Waals surface area contributed by atoms with Crippen LogP contribution in [-0.2, 0) is 19.6 Å². The van der Waals surface area contributed by atoms with Gasteiger partial charge in [0.25, 0.3) is 10.0 Å². The molecule has 0 aliphatic heterocycles. The smallest absolute Gasteiger partial charge is 0.330 e. The Hall–Kier alpha value is -2.60. The second kappa shape index (κ2) is 7.79. The Labute approximate surface area is 142 Å². The normalized spacial score (nSPS) is 11.4. The first-order valence-corrected chi connectivity index (χ1v) is 8.93. The van der Waals surface area contributed by atoms with Crippen molar-refractivity contribution in [1.82, 2.24) is 0 Å². The van der Waals surface area contributed by atoms with Gasteiger partial charge < -0.3 is 4.74 Å². The number of hydrogen-bond donors (Lipinski definition) is 1. The van der Waals surface area contributed by atoms with E-state index in [0.717, 1.165) is 11.1 Å². The molecule has 2 aromatic rings. The number of nitrogens with one attached hydrogen (secondary N) is 1. The summed E-state index contributed by atoms with van der Waals surface area (Å²) in [6, 6.07) is 13.4. The Morgan fingerprint density at radius 3 is 2.50 bits per heavy atom. The number of anilines is 1. The molecule has 2 aromatic carbocycles. The van der Waals surface area contributed by atoms with Crippen LogP contribution in [0.15, 0.2) is 59.5 Å². The van der Waals surface area contributed by atoms with E-state index >= 15 is 0 Å². The number of ether oxygens (including phenoxy) is 1. The Balaban J connectivity index is 2.10. The highest BCUT2D eigenvalue weighted by Gasteiger charge is 2.13. The molecule has 0 atom stereocenters. The average Bonchev–Trinajstić information content (AvgIpc) is 2.54. The molecule has 6 heteroatoms. The highest BCUT2D eigenvalue weighted by atomic mass is 32.2. The summed E-state index contributed by atoms with van der Waals surface area (Å²) in [5.41, 5.74) is 2.09. The molecular weight excluding hydrogens is 326 g/mol. The van der Waals surface area contributed by atoms with E-state index in [9.17, 15) is 13.2 Å². The van der Waals surface area contributed by atoms with Crippen LogP contribution in [-0.4, -0.2) is 21.0 Å². The molecule has 0 radical (unpaired) electrons. The first kappa shape index (κ1) is 17.7. The first-order chi connectivity index (χ1) is 11.4. The van der Waals surface area contributed by atoms with Crippen molar-refractivity contribution in [2.45, 2.75) is 18.7 Å². The maximum absolute atomic E-state index is 12.3. The van der Waals surface area contributed by atoms with Crippen LogP contribution in [0.3, 0.4) is 0 Å². The molecule has 2 rings (SSSR count). The van der Waals surface area contributed by atoms with Crippen molar-refractivity contribution in [3.63, 3.8) is 0 Å². The van der Waals surface area contributed by atoms with Crippen LogP contribution in [0.5, 0.6) is 0 Å². The van der Waals surface area contributed by atoms with Gasteiger partial charge in [0, 0.05) is 11.8 Å². The molecule has 24 heavy (non-hydrogen) atoms. The van der Waals surface area contributed by atoms with E-state index in [1.165, 1.54) is 6.08 Å². The first-order valence-electron chi connectivity index (χ1n) is 7.45. The van der Waals surface area contributed by atoms with Crippen molar-refractivity contribution in [2.24, 2.45) is 0 Å². The summed E-state index contributed by atoms with van der Waals surface area (Å²) in [5.74, 6) is -0.415. The zero-order valence-corrected chi connectivity index (χ0v) is 14.3. The lowest BCUT2D eigenvalue weighted by atomic mass is 10.2. The van der Waals surface area contributed by atoms with Gasteiger partial charge >= 0.3 is 5.97 Å². The molecule has 5 nitrogen and oxygen atoms in total. The maximum Gasteiger partial charge on any atom is 0.330 e. The molecule has 1 N–H and O–H groups in total. The lowest BCUT2D eigenvalue weighted by molar-refractivity contribution is -0.137. The summed E-state index contributed by atoms with van der Waals surface area (Å²) < 4.78 is 32.0. The number of hydrogen-bond acceptors (Lipinski definition) is 4. The van der Waals surface area contributed by atoms with E-state index < -0.39 is 16.0 Å². The van der Waals surface area contributed by atoms with E-state index in [0.29, 0.717) is 12.3 Å². The average molecular weight is 345 g/mol. The third-order valence-electron chi connectivity index (χ3n) is 3.16. The minimum Gasteiger partial charge on any atom is -0.463 e. The molecule has 0 heterocycles. The number of rotatable bonds is 6. The predicted molar refractivity (Wildman–Crippen MR) is 94.1 cm³/mol. The van der Waals surface area contributed by atoms with E-state index in [4.69, 9.17) is 4.74 Å². The van der Waals surface area contributed by atoms with Gasteiger partial charge in [0.1, 0.15) is 0 Å². The summed E-state index contributed by atoms with van der Waals surface area (Å²) in [4.78, 5) is 11.5. The van der Waals surface area contributed by atoms with Crippen molar-refractivity contribution in [1.29, 1.82) is 0 Å². The van der Waals surface area contributed by atoms with Crippen LogP contribution in [0.25, 0.3) is 6.08 Å². The molecular formula is C18H19NO4S. The molecule has 0 unspecified atom stereocenters. The number of sulfonamides is 1.